The van der Waals surface area contributed by atoms with Gasteiger partial charge < -0.3 is 5.11 Å². The van der Waals surface area contributed by atoms with Crippen LogP contribution in [0.15, 0.2) is 23.1 Å². The molecule has 0 heterocycles. The quantitative estimate of drug-likeness (QED) is 0.857. The van der Waals surface area contributed by atoms with Crippen molar-refractivity contribution in [3.05, 3.63) is 28.8 Å². The third-order valence-corrected chi connectivity index (χ3v) is 4.44. The number of aliphatic hydroxyl groups excluding tert-OH is 1. The van der Waals surface area contributed by atoms with E-state index in [1.165, 1.54) is 4.90 Å². The fraction of sp³-hybridized carbons (Fsp3) is 0.455. The minimum atomic E-state index is 0.111. The fourth-order valence-corrected chi connectivity index (χ4v) is 2.72. The van der Waals surface area contributed by atoms with Crippen molar-refractivity contribution in [2.24, 2.45) is 0 Å². The Bertz CT molecular complexity index is 347. The van der Waals surface area contributed by atoms with Gasteiger partial charge in [0.2, 0.25) is 0 Å². The SMILES string of the molecule is Cc1cc(SC2(CO)CC2)ccc1Cl. The second kappa shape index (κ2) is 3.76. The molecule has 2 rings (SSSR count). The summed E-state index contributed by atoms with van der Waals surface area (Å²) < 4.78 is 0.111. The molecule has 0 radical (unpaired) electrons. The molecule has 0 atom stereocenters. The van der Waals surface area contributed by atoms with Gasteiger partial charge in [0.05, 0.1) is 6.61 Å². The Balaban J connectivity index is 2.14. The Labute approximate surface area is 93.5 Å². The van der Waals surface area contributed by atoms with E-state index in [4.69, 9.17) is 11.6 Å². The molecule has 14 heavy (non-hydrogen) atoms. The summed E-state index contributed by atoms with van der Waals surface area (Å²) in [5, 5.41) is 10.0. The van der Waals surface area contributed by atoms with Crippen molar-refractivity contribution in [1.29, 1.82) is 0 Å². The second-order valence-electron chi connectivity index (χ2n) is 3.85. The Morgan fingerprint density at radius 3 is 2.71 bits per heavy atom. The monoisotopic (exact) mass is 228 g/mol. The first-order chi connectivity index (χ1) is 6.65. The van der Waals surface area contributed by atoms with E-state index in [1.807, 2.05) is 19.1 Å². The minimum Gasteiger partial charge on any atom is -0.395 e. The molecule has 1 N–H and O–H groups in total. The van der Waals surface area contributed by atoms with Crippen LogP contribution in [-0.2, 0) is 0 Å². The zero-order valence-electron chi connectivity index (χ0n) is 8.09. The lowest BCUT2D eigenvalue weighted by atomic mass is 10.2. The first kappa shape index (κ1) is 10.3. The van der Waals surface area contributed by atoms with Crippen LogP contribution in [0.3, 0.4) is 0 Å². The first-order valence-corrected chi connectivity index (χ1v) is 5.91. The van der Waals surface area contributed by atoms with Crippen LogP contribution in [0.4, 0.5) is 0 Å². The number of benzene rings is 1. The van der Waals surface area contributed by atoms with Crippen LogP contribution in [0.5, 0.6) is 0 Å². The highest BCUT2D eigenvalue weighted by atomic mass is 35.5. The fourth-order valence-electron chi connectivity index (χ4n) is 1.36. The van der Waals surface area contributed by atoms with Crippen molar-refractivity contribution < 1.29 is 5.11 Å². The summed E-state index contributed by atoms with van der Waals surface area (Å²) in [6.07, 6.45) is 2.24. The van der Waals surface area contributed by atoms with E-state index < -0.39 is 0 Å². The second-order valence-corrected chi connectivity index (χ2v) is 5.80. The summed E-state index contributed by atoms with van der Waals surface area (Å²) in [5.41, 5.74) is 1.10. The van der Waals surface area contributed by atoms with Crippen LogP contribution < -0.4 is 0 Å². The number of aryl methyl sites for hydroxylation is 1. The van der Waals surface area contributed by atoms with E-state index in [0.29, 0.717) is 0 Å². The highest BCUT2D eigenvalue weighted by Gasteiger charge is 2.43. The van der Waals surface area contributed by atoms with Crippen LogP contribution in [0.25, 0.3) is 0 Å². The third-order valence-electron chi connectivity index (χ3n) is 2.56. The highest BCUT2D eigenvalue weighted by Crippen LogP contribution is 2.51. The summed E-state index contributed by atoms with van der Waals surface area (Å²) in [6.45, 7) is 2.28. The van der Waals surface area contributed by atoms with Crippen molar-refractivity contribution >= 4 is 23.4 Å². The zero-order valence-corrected chi connectivity index (χ0v) is 9.66. The normalized spacial score (nSPS) is 18.2. The lowest BCUT2D eigenvalue weighted by Gasteiger charge is -2.11. The van der Waals surface area contributed by atoms with Crippen LogP contribution in [0.1, 0.15) is 18.4 Å². The molecule has 0 spiro atoms. The Kier molecular flexibility index (Phi) is 2.78. The van der Waals surface area contributed by atoms with Gasteiger partial charge in [-0.05, 0) is 43.5 Å². The molecular formula is C11H13ClOS. The number of hydrogen-bond donors (Lipinski definition) is 1. The van der Waals surface area contributed by atoms with Gasteiger partial charge in [0.1, 0.15) is 0 Å². The van der Waals surface area contributed by atoms with Crippen molar-refractivity contribution in [2.75, 3.05) is 6.61 Å². The number of rotatable bonds is 3. The van der Waals surface area contributed by atoms with Crippen molar-refractivity contribution in [3.8, 4) is 0 Å². The summed E-state index contributed by atoms with van der Waals surface area (Å²) in [5.74, 6) is 0. The maximum absolute atomic E-state index is 9.19. The summed E-state index contributed by atoms with van der Waals surface area (Å²) in [6, 6.07) is 6.03. The van der Waals surface area contributed by atoms with E-state index in [-0.39, 0.29) is 11.4 Å². The maximum Gasteiger partial charge on any atom is 0.0581 e. The molecule has 0 amide bonds. The molecule has 0 aromatic heterocycles. The molecule has 0 bridgehead atoms. The Morgan fingerprint density at radius 1 is 1.50 bits per heavy atom. The first-order valence-electron chi connectivity index (χ1n) is 4.71. The smallest absolute Gasteiger partial charge is 0.0581 e. The van der Waals surface area contributed by atoms with Gasteiger partial charge in [0, 0.05) is 14.7 Å². The molecule has 1 aromatic rings. The van der Waals surface area contributed by atoms with Gasteiger partial charge in [-0.3, -0.25) is 0 Å². The third kappa shape index (κ3) is 2.08. The molecular weight excluding hydrogens is 216 g/mol. The van der Waals surface area contributed by atoms with Gasteiger partial charge in [-0.25, -0.2) is 0 Å². The van der Waals surface area contributed by atoms with E-state index in [0.717, 1.165) is 23.4 Å². The summed E-state index contributed by atoms with van der Waals surface area (Å²) in [4.78, 5) is 1.21. The maximum atomic E-state index is 9.19. The van der Waals surface area contributed by atoms with Gasteiger partial charge in [0.25, 0.3) is 0 Å². The molecule has 0 saturated heterocycles. The predicted octanol–water partition coefficient (Wildman–Crippen LogP) is 3.27. The number of halogens is 1. The number of aliphatic hydroxyl groups is 1. The van der Waals surface area contributed by atoms with Gasteiger partial charge in [-0.1, -0.05) is 11.6 Å². The topological polar surface area (TPSA) is 20.2 Å². The largest absolute Gasteiger partial charge is 0.395 e. The molecule has 1 fully saturated rings. The molecule has 0 aliphatic heterocycles. The zero-order chi connectivity index (χ0) is 10.2. The number of thioether (sulfide) groups is 1. The van der Waals surface area contributed by atoms with E-state index in [1.54, 1.807) is 11.8 Å². The lowest BCUT2D eigenvalue weighted by molar-refractivity contribution is 0.289. The average molecular weight is 229 g/mol. The van der Waals surface area contributed by atoms with Gasteiger partial charge >= 0.3 is 0 Å². The van der Waals surface area contributed by atoms with Crippen molar-refractivity contribution in [3.63, 3.8) is 0 Å². The molecule has 76 valence electrons. The molecule has 0 unspecified atom stereocenters. The van der Waals surface area contributed by atoms with Gasteiger partial charge in [0.15, 0.2) is 0 Å². The number of hydrogen-bond acceptors (Lipinski definition) is 2. The summed E-state index contributed by atoms with van der Waals surface area (Å²) >= 11 is 7.71. The van der Waals surface area contributed by atoms with Crippen LogP contribution >= 0.6 is 23.4 Å². The summed E-state index contributed by atoms with van der Waals surface area (Å²) in [7, 11) is 0. The van der Waals surface area contributed by atoms with Crippen molar-refractivity contribution in [1.82, 2.24) is 0 Å². The Hall–Kier alpha value is -0.180. The molecule has 1 aliphatic carbocycles. The van der Waals surface area contributed by atoms with Crippen LogP contribution in [-0.4, -0.2) is 16.5 Å². The standard InChI is InChI=1S/C11H13ClOS/c1-8-6-9(2-3-10(8)12)14-11(7-13)4-5-11/h2-3,6,13H,4-5,7H2,1H3. The van der Waals surface area contributed by atoms with Crippen molar-refractivity contribution in [2.45, 2.75) is 29.4 Å². The molecule has 1 saturated carbocycles. The van der Waals surface area contributed by atoms with Gasteiger partial charge in [-0.15, -0.1) is 11.8 Å². The highest BCUT2D eigenvalue weighted by molar-refractivity contribution is 8.01. The minimum absolute atomic E-state index is 0.111. The predicted molar refractivity (Wildman–Crippen MR) is 61.1 cm³/mol. The molecule has 1 aliphatic rings. The Morgan fingerprint density at radius 2 is 2.21 bits per heavy atom. The average Bonchev–Trinajstić information content (AvgIpc) is 2.93. The van der Waals surface area contributed by atoms with E-state index in [2.05, 4.69) is 6.07 Å². The van der Waals surface area contributed by atoms with E-state index >= 15 is 0 Å². The van der Waals surface area contributed by atoms with Crippen LogP contribution in [0, 0.1) is 6.92 Å². The lowest BCUT2D eigenvalue weighted by Crippen LogP contribution is -2.07. The molecule has 1 nitrogen and oxygen atoms in total. The van der Waals surface area contributed by atoms with E-state index in [9.17, 15) is 5.11 Å². The molecule has 1 aromatic carbocycles. The van der Waals surface area contributed by atoms with Gasteiger partial charge in [-0.2, -0.15) is 0 Å². The van der Waals surface area contributed by atoms with Crippen LogP contribution in [0.2, 0.25) is 5.02 Å². The molecule has 3 heteroatoms.